The van der Waals surface area contributed by atoms with Gasteiger partial charge in [-0.2, -0.15) is 0 Å². The number of hydrogen-bond acceptors (Lipinski definition) is 4. The molecule has 1 N–H and O–H groups in total. The van der Waals surface area contributed by atoms with Crippen molar-refractivity contribution in [2.45, 2.75) is 74.9 Å². The lowest BCUT2D eigenvalue weighted by atomic mass is 9.36. The molecule has 0 radical (unpaired) electrons. The molecule has 2 spiro atoms. The summed E-state index contributed by atoms with van der Waals surface area (Å²) in [5, 5.41) is 3.10. The highest BCUT2D eigenvalue weighted by molar-refractivity contribution is 5.82. The Morgan fingerprint density at radius 3 is 2.72 bits per heavy atom. The zero-order valence-electron chi connectivity index (χ0n) is 21.7. The van der Waals surface area contributed by atoms with Crippen molar-refractivity contribution in [3.05, 3.63) is 48.1 Å². The fourth-order valence-electron chi connectivity index (χ4n) is 9.35. The Morgan fingerprint density at radius 1 is 1.17 bits per heavy atom. The number of fused-ring (bicyclic) bond motifs is 1. The van der Waals surface area contributed by atoms with E-state index >= 15 is 0 Å². The van der Waals surface area contributed by atoms with Gasteiger partial charge in [-0.25, -0.2) is 0 Å². The Kier molecular flexibility index (Phi) is 5.00. The second-order valence-corrected chi connectivity index (χ2v) is 12.4. The first-order valence-electron chi connectivity index (χ1n) is 14.0. The average Bonchev–Trinajstić information content (AvgIpc) is 3.64. The molecule has 3 fully saturated rings. The van der Waals surface area contributed by atoms with Crippen molar-refractivity contribution in [3.63, 3.8) is 0 Å². The van der Waals surface area contributed by atoms with E-state index in [0.717, 1.165) is 42.6 Å². The van der Waals surface area contributed by atoms with Crippen molar-refractivity contribution >= 4 is 5.91 Å². The molecule has 8 rings (SSSR count). The third-order valence-electron chi connectivity index (χ3n) is 11.0. The summed E-state index contributed by atoms with van der Waals surface area (Å²) in [6.07, 6.45) is 17.1. The van der Waals surface area contributed by atoms with Crippen LogP contribution in [0.4, 0.5) is 0 Å². The molecule has 5 nitrogen and oxygen atoms in total. The van der Waals surface area contributed by atoms with Crippen LogP contribution >= 0.6 is 0 Å². The predicted octanol–water partition coefficient (Wildman–Crippen LogP) is 5.12. The van der Waals surface area contributed by atoms with Gasteiger partial charge in [-0.15, -0.1) is 6.58 Å². The van der Waals surface area contributed by atoms with Crippen LogP contribution in [0.2, 0.25) is 0 Å². The van der Waals surface area contributed by atoms with E-state index in [1.165, 1.54) is 49.7 Å². The van der Waals surface area contributed by atoms with E-state index in [-0.39, 0.29) is 28.8 Å². The quantitative estimate of drug-likeness (QED) is 0.540. The molecule has 1 heterocycles. The van der Waals surface area contributed by atoms with Gasteiger partial charge in [0.1, 0.15) is 11.7 Å². The van der Waals surface area contributed by atoms with Gasteiger partial charge in [-0.3, -0.25) is 4.79 Å². The minimum atomic E-state index is -0.804. The third-order valence-corrected chi connectivity index (χ3v) is 11.0. The number of methoxy groups -OCH3 is 2. The number of benzene rings is 1. The van der Waals surface area contributed by atoms with Gasteiger partial charge < -0.3 is 19.5 Å². The number of rotatable bonds is 7. The summed E-state index contributed by atoms with van der Waals surface area (Å²) in [6, 6.07) is 4.37. The molecule has 3 saturated carbocycles. The minimum absolute atomic E-state index is 0.0498. The SMILES string of the molecule is C=CCNC(=O)[C@H]1C[C@]23C=C[C@@]1(OC)C1Oc4c(OC)ccc5c4[C@]12CCC(CC1CC1)CCC3C5. The Balaban J connectivity index is 1.42. The molecule has 192 valence electrons. The van der Waals surface area contributed by atoms with Crippen LogP contribution in [-0.4, -0.2) is 38.4 Å². The predicted molar refractivity (Wildman–Crippen MR) is 138 cm³/mol. The highest BCUT2D eigenvalue weighted by Crippen LogP contribution is 2.75. The van der Waals surface area contributed by atoms with Gasteiger partial charge in [0.15, 0.2) is 11.5 Å². The fraction of sp³-hybridized carbons (Fsp3) is 0.645. The van der Waals surface area contributed by atoms with Crippen molar-refractivity contribution < 1.29 is 19.0 Å². The minimum Gasteiger partial charge on any atom is -0.493 e. The molecule has 1 aromatic carbocycles. The first-order valence-corrected chi connectivity index (χ1v) is 14.0. The van der Waals surface area contributed by atoms with Crippen LogP contribution < -0.4 is 14.8 Å². The van der Waals surface area contributed by atoms with E-state index < -0.39 is 5.60 Å². The molecule has 3 unspecified atom stereocenters. The second kappa shape index (κ2) is 7.86. The topological polar surface area (TPSA) is 56.8 Å². The maximum atomic E-state index is 13.7. The van der Waals surface area contributed by atoms with Crippen LogP contribution in [0.5, 0.6) is 11.5 Å². The molecule has 4 bridgehead atoms. The lowest BCUT2D eigenvalue weighted by Gasteiger charge is -2.68. The largest absolute Gasteiger partial charge is 0.493 e. The molecule has 0 saturated heterocycles. The van der Waals surface area contributed by atoms with Gasteiger partial charge in [0, 0.05) is 30.0 Å². The Labute approximate surface area is 214 Å². The zero-order valence-corrected chi connectivity index (χ0v) is 21.7. The summed E-state index contributed by atoms with van der Waals surface area (Å²) >= 11 is 0. The maximum absolute atomic E-state index is 13.7. The Bertz CT molecular complexity index is 1140. The number of carbonyl (C=O) groups is 1. The number of nitrogens with one attached hydrogen (secondary N) is 1. The van der Waals surface area contributed by atoms with Crippen LogP contribution in [0.25, 0.3) is 0 Å². The van der Waals surface area contributed by atoms with Crippen molar-refractivity contribution in [1.29, 1.82) is 0 Å². The highest BCUT2D eigenvalue weighted by atomic mass is 16.6. The third kappa shape index (κ3) is 2.73. The molecule has 36 heavy (non-hydrogen) atoms. The molecule has 5 heteroatoms. The maximum Gasteiger partial charge on any atom is 0.226 e. The number of amides is 1. The van der Waals surface area contributed by atoms with Crippen molar-refractivity contribution in [2.24, 2.45) is 29.1 Å². The average molecular weight is 490 g/mol. The summed E-state index contributed by atoms with van der Waals surface area (Å²) in [7, 11) is 3.49. The van der Waals surface area contributed by atoms with Crippen molar-refractivity contribution in [2.75, 3.05) is 20.8 Å². The van der Waals surface area contributed by atoms with Gasteiger partial charge in [-0.1, -0.05) is 43.6 Å². The number of allylic oxidation sites excluding steroid dienone is 1. The Hall–Kier alpha value is -2.27. The number of ether oxygens (including phenoxy) is 3. The van der Waals surface area contributed by atoms with Crippen LogP contribution in [0.3, 0.4) is 0 Å². The Morgan fingerprint density at radius 2 is 1.97 bits per heavy atom. The fourth-order valence-corrected chi connectivity index (χ4v) is 9.35. The van der Waals surface area contributed by atoms with Gasteiger partial charge in [0.25, 0.3) is 0 Å². The van der Waals surface area contributed by atoms with E-state index in [1.807, 2.05) is 0 Å². The van der Waals surface area contributed by atoms with Gasteiger partial charge in [0.05, 0.1) is 13.0 Å². The molecule has 6 aliphatic carbocycles. The summed E-state index contributed by atoms with van der Waals surface area (Å²) < 4.78 is 19.3. The van der Waals surface area contributed by atoms with Gasteiger partial charge in [-0.05, 0) is 67.9 Å². The van der Waals surface area contributed by atoms with Gasteiger partial charge >= 0.3 is 0 Å². The zero-order chi connectivity index (χ0) is 24.7. The molecule has 7 atom stereocenters. The summed E-state index contributed by atoms with van der Waals surface area (Å²) in [5.41, 5.74) is 1.69. The van der Waals surface area contributed by atoms with Crippen LogP contribution in [-0.2, 0) is 21.4 Å². The monoisotopic (exact) mass is 489 g/mol. The summed E-state index contributed by atoms with van der Waals surface area (Å²) in [5.74, 6) is 3.70. The van der Waals surface area contributed by atoms with E-state index in [4.69, 9.17) is 14.2 Å². The van der Waals surface area contributed by atoms with E-state index in [0.29, 0.717) is 12.5 Å². The standard InChI is InChI=1S/C31H39NO4/c1-4-15-32-27(33)23-18-29-13-14-31(23,35-3)28-30(29)12-11-20(16-19-5-6-19)7-9-22(29)17-21-8-10-24(34-2)26(36-28)25(21)30/h4,8,10,13-14,19-20,22-23,28H,1,5-7,9,11-12,15-18H2,2-3H3,(H,32,33)/t20?,22?,23-,28?,29+,30-,31+/m1/s1. The van der Waals surface area contributed by atoms with Crippen molar-refractivity contribution in [1.82, 2.24) is 5.32 Å². The lowest BCUT2D eigenvalue weighted by Crippen LogP contribution is -2.75. The van der Waals surface area contributed by atoms with Crippen molar-refractivity contribution in [3.8, 4) is 11.5 Å². The van der Waals surface area contributed by atoms with Crippen LogP contribution in [0.15, 0.2) is 36.9 Å². The van der Waals surface area contributed by atoms with Crippen LogP contribution in [0.1, 0.15) is 62.5 Å². The number of hydrogen-bond donors (Lipinski definition) is 1. The molecular formula is C31H39NO4. The molecule has 1 amide bonds. The molecule has 0 aromatic heterocycles. The van der Waals surface area contributed by atoms with Crippen LogP contribution in [0, 0.1) is 29.1 Å². The van der Waals surface area contributed by atoms with E-state index in [9.17, 15) is 4.79 Å². The first-order chi connectivity index (χ1) is 17.5. The second-order valence-electron chi connectivity index (χ2n) is 12.4. The van der Waals surface area contributed by atoms with Gasteiger partial charge in [0.2, 0.25) is 5.91 Å². The lowest BCUT2D eigenvalue weighted by molar-refractivity contribution is -0.204. The molecular weight excluding hydrogens is 450 g/mol. The first kappa shape index (κ1) is 22.9. The highest BCUT2D eigenvalue weighted by Gasteiger charge is 2.78. The smallest absolute Gasteiger partial charge is 0.226 e. The summed E-state index contributed by atoms with van der Waals surface area (Å²) in [6.45, 7) is 4.27. The molecule has 7 aliphatic rings. The van der Waals surface area contributed by atoms with E-state index in [2.05, 4.69) is 36.2 Å². The summed E-state index contributed by atoms with van der Waals surface area (Å²) in [4.78, 5) is 13.7. The normalized spacial score (nSPS) is 41.1. The molecule has 1 aromatic rings. The number of carbonyl (C=O) groups excluding carboxylic acids is 1. The molecule has 1 aliphatic heterocycles. The van der Waals surface area contributed by atoms with E-state index in [1.54, 1.807) is 20.3 Å².